The van der Waals surface area contributed by atoms with Crippen LogP contribution in [0.15, 0.2) is 30.3 Å². The molecule has 0 bridgehead atoms. The molecule has 1 aromatic carbocycles. The number of benzene rings is 1. The summed E-state index contributed by atoms with van der Waals surface area (Å²) in [6.45, 7) is 1.44. The topological polar surface area (TPSA) is 23.2 Å². The number of nitrogens with one attached hydrogen (secondary N) is 1. The van der Waals surface area contributed by atoms with Gasteiger partial charge in [-0.15, -0.1) is 0 Å². The molecule has 0 aliphatic heterocycles. The third-order valence-electron chi connectivity index (χ3n) is 1.36. The maximum atomic E-state index is 11.7. The minimum absolute atomic E-state index is 0.0844. The summed E-state index contributed by atoms with van der Waals surface area (Å²) in [4.78, 5) is 2.69. The normalized spacial score (nSPS) is 11.2. The third-order valence-corrected chi connectivity index (χ3v) is 1.36. The van der Waals surface area contributed by atoms with Crippen molar-refractivity contribution in [1.82, 2.24) is 0 Å². The first-order valence-corrected chi connectivity index (χ1v) is 3.79. The Balaban J connectivity index is 2.66. The second kappa shape index (κ2) is 4.59. The fourth-order valence-corrected chi connectivity index (χ4v) is 0.888. The summed E-state index contributed by atoms with van der Waals surface area (Å²) in [5.41, 5.74) is 0.723. The van der Waals surface area contributed by atoms with Crippen molar-refractivity contribution in [3.8, 4) is 0 Å². The Morgan fingerprint density at radius 2 is 1.92 bits per heavy atom. The zero-order valence-corrected chi connectivity index (χ0v) is 7.13. The van der Waals surface area contributed by atoms with Gasteiger partial charge in [0.15, 0.2) is 0 Å². The molecule has 0 aliphatic carbocycles. The predicted molar refractivity (Wildman–Crippen MR) is 46.8 cm³/mol. The smallest absolute Gasteiger partial charge is 0.459 e. The fraction of sp³-hybridized carbons (Fsp3) is 0.125. The van der Waals surface area contributed by atoms with Crippen LogP contribution in [-0.4, -0.2) is 13.4 Å². The van der Waals surface area contributed by atoms with E-state index in [1.54, 1.807) is 24.3 Å². The van der Waals surface area contributed by atoms with Crippen molar-refractivity contribution in [2.75, 3.05) is 0 Å². The van der Waals surface area contributed by atoms with E-state index >= 15 is 0 Å². The van der Waals surface area contributed by atoms with Crippen molar-refractivity contribution in [3.05, 3.63) is 30.3 Å². The van der Waals surface area contributed by atoms with Gasteiger partial charge >= 0.3 is 13.4 Å². The highest BCUT2D eigenvalue weighted by molar-refractivity contribution is 6.37. The van der Waals surface area contributed by atoms with Crippen molar-refractivity contribution >= 4 is 19.1 Å². The van der Waals surface area contributed by atoms with Crippen molar-refractivity contribution in [3.63, 3.8) is 0 Å². The first-order chi connectivity index (χ1) is 6.18. The van der Waals surface area contributed by atoms with Gasteiger partial charge in [0.05, 0.1) is 6.92 Å². The van der Waals surface area contributed by atoms with Crippen molar-refractivity contribution in [1.29, 1.82) is 0 Å². The lowest BCUT2D eigenvalue weighted by atomic mass is 10.3. The summed E-state index contributed by atoms with van der Waals surface area (Å²) in [6.07, 6.45) is 0. The maximum absolute atomic E-state index is 11.7. The van der Waals surface area contributed by atoms with Gasteiger partial charge in [0.2, 0.25) is 5.69 Å². The molecule has 0 heterocycles. The zero-order chi connectivity index (χ0) is 9.68. The van der Waals surface area contributed by atoms with E-state index in [1.165, 1.54) is 6.92 Å². The monoisotopic (exact) mass is 184 g/mol. The Morgan fingerprint density at radius 3 is 2.46 bits per heavy atom. The summed E-state index contributed by atoms with van der Waals surface area (Å²) in [5.74, 6) is 0.0844. The summed E-state index contributed by atoms with van der Waals surface area (Å²) in [5, 5.41) is 0. The van der Waals surface area contributed by atoms with E-state index in [9.17, 15) is 8.63 Å². The van der Waals surface area contributed by atoms with Gasteiger partial charge in [0.1, 0.15) is 0 Å². The fourth-order valence-electron chi connectivity index (χ4n) is 0.888. The number of halogens is 2. The van der Waals surface area contributed by atoms with Crippen molar-refractivity contribution in [2.45, 2.75) is 6.92 Å². The lowest BCUT2D eigenvalue weighted by Crippen LogP contribution is -2.66. The molecule has 2 nitrogen and oxygen atoms in total. The van der Waals surface area contributed by atoms with E-state index in [2.05, 4.69) is 9.65 Å². The Bertz CT molecular complexity index is 289. The van der Waals surface area contributed by atoms with E-state index in [1.807, 2.05) is 6.07 Å². The van der Waals surface area contributed by atoms with Crippen LogP contribution < -0.4 is 4.99 Å². The second-order valence-electron chi connectivity index (χ2n) is 2.43. The van der Waals surface area contributed by atoms with Crippen LogP contribution in [0.4, 0.5) is 14.3 Å². The molecule has 1 N–H and O–H groups in total. The number of hydrogen-bond acceptors (Lipinski definition) is 1. The Labute approximate surface area is 75.5 Å². The van der Waals surface area contributed by atoms with Gasteiger partial charge in [-0.2, -0.15) is 4.99 Å². The molecule has 1 rings (SSSR count). The zero-order valence-electron chi connectivity index (χ0n) is 7.13. The molecule has 0 saturated heterocycles. The van der Waals surface area contributed by atoms with E-state index in [-0.39, 0.29) is 5.90 Å². The standard InChI is InChI=1S/C8H8BF2NO/c1-7(13-9(10)11)12-8-5-3-2-4-6-8/h2-6H,1H3/p+1. The van der Waals surface area contributed by atoms with Crippen LogP contribution in [0.25, 0.3) is 0 Å². The maximum Gasteiger partial charge on any atom is 0.800 e. The highest BCUT2D eigenvalue weighted by Crippen LogP contribution is 1.95. The molecule has 0 aliphatic rings. The van der Waals surface area contributed by atoms with Gasteiger partial charge < -0.3 is 4.65 Å². The Hall–Kier alpha value is -1.39. The molecule has 0 fully saturated rings. The molecule has 0 unspecified atom stereocenters. The van der Waals surface area contributed by atoms with Gasteiger partial charge in [-0.1, -0.05) is 18.2 Å². The van der Waals surface area contributed by atoms with E-state index < -0.39 is 7.47 Å². The average molecular weight is 184 g/mol. The van der Waals surface area contributed by atoms with E-state index in [0.717, 1.165) is 5.69 Å². The van der Waals surface area contributed by atoms with Crippen LogP contribution in [0, 0.1) is 0 Å². The van der Waals surface area contributed by atoms with Crippen molar-refractivity contribution < 1.29 is 18.3 Å². The average Bonchev–Trinajstić information content (AvgIpc) is 2.04. The van der Waals surface area contributed by atoms with Gasteiger partial charge in [-0.25, -0.2) is 8.63 Å². The van der Waals surface area contributed by atoms with Gasteiger partial charge in [-0.05, 0) is 0 Å². The lowest BCUT2D eigenvalue weighted by Gasteiger charge is -1.93. The molecule has 0 spiro atoms. The second-order valence-corrected chi connectivity index (χ2v) is 2.43. The van der Waals surface area contributed by atoms with Crippen molar-refractivity contribution in [2.24, 2.45) is 0 Å². The van der Waals surface area contributed by atoms with Crippen LogP contribution in [0.5, 0.6) is 0 Å². The minimum Gasteiger partial charge on any atom is -0.459 e. The Morgan fingerprint density at radius 1 is 1.31 bits per heavy atom. The van der Waals surface area contributed by atoms with Gasteiger partial charge in [-0.3, -0.25) is 0 Å². The van der Waals surface area contributed by atoms with Crippen LogP contribution in [-0.2, 0) is 4.65 Å². The number of hydrogen-bond donors (Lipinski definition) is 1. The molecule has 13 heavy (non-hydrogen) atoms. The Kier molecular flexibility index (Phi) is 3.43. The van der Waals surface area contributed by atoms with Crippen LogP contribution in [0.1, 0.15) is 6.92 Å². The summed E-state index contributed by atoms with van der Waals surface area (Å²) >= 11 is 0. The van der Waals surface area contributed by atoms with Crippen LogP contribution >= 0.6 is 0 Å². The summed E-state index contributed by atoms with van der Waals surface area (Å²) in [7, 11) is -2.78. The SMILES string of the molecule is CC(=[NH+]c1ccccc1)OB(F)F. The summed E-state index contributed by atoms with van der Waals surface area (Å²) in [6, 6.07) is 8.97. The molecular weight excluding hydrogens is 175 g/mol. The molecule has 1 aromatic rings. The molecule has 0 amide bonds. The number of para-hydroxylation sites is 1. The van der Waals surface area contributed by atoms with Gasteiger partial charge in [0.25, 0.3) is 0 Å². The van der Waals surface area contributed by atoms with E-state index in [0.29, 0.717) is 0 Å². The minimum atomic E-state index is -2.78. The van der Waals surface area contributed by atoms with Crippen LogP contribution in [0.3, 0.4) is 0 Å². The highest BCUT2D eigenvalue weighted by atomic mass is 19.2. The largest absolute Gasteiger partial charge is 0.800 e. The third kappa shape index (κ3) is 3.69. The van der Waals surface area contributed by atoms with E-state index in [4.69, 9.17) is 0 Å². The molecule has 0 atom stereocenters. The highest BCUT2D eigenvalue weighted by Gasteiger charge is 2.20. The molecule has 0 saturated carbocycles. The first kappa shape index (κ1) is 9.70. The predicted octanol–water partition coefficient (Wildman–Crippen LogP) is 0.758. The molecule has 5 heteroatoms. The van der Waals surface area contributed by atoms with Crippen LogP contribution in [0.2, 0.25) is 0 Å². The molecular formula is C8H9BF2NO+. The van der Waals surface area contributed by atoms with Gasteiger partial charge in [0, 0.05) is 12.1 Å². The quantitative estimate of drug-likeness (QED) is 0.409. The summed E-state index contributed by atoms with van der Waals surface area (Å²) < 4.78 is 27.5. The molecule has 68 valence electrons. The number of rotatable bonds is 2. The first-order valence-electron chi connectivity index (χ1n) is 3.79. The molecule has 0 radical (unpaired) electrons. The molecule has 0 aromatic heterocycles. The lowest BCUT2D eigenvalue weighted by molar-refractivity contribution is -0.365.